The van der Waals surface area contributed by atoms with E-state index in [0.717, 1.165) is 5.57 Å². The Balaban J connectivity index is 2.72. The van der Waals surface area contributed by atoms with Crippen LogP contribution in [-0.2, 0) is 9.53 Å². The molecule has 0 radical (unpaired) electrons. The lowest BCUT2D eigenvalue weighted by molar-refractivity contribution is -0.139. The first-order chi connectivity index (χ1) is 4.20. The van der Waals surface area contributed by atoms with Crippen LogP contribution in [0.15, 0.2) is 11.6 Å². The van der Waals surface area contributed by atoms with Crippen LogP contribution in [0, 0.1) is 5.92 Å². The van der Waals surface area contributed by atoms with E-state index >= 15 is 0 Å². The van der Waals surface area contributed by atoms with Crippen molar-refractivity contribution in [2.45, 2.75) is 13.8 Å². The van der Waals surface area contributed by atoms with Crippen LogP contribution in [0.5, 0.6) is 0 Å². The van der Waals surface area contributed by atoms with E-state index in [1.54, 1.807) is 6.08 Å². The monoisotopic (exact) mass is 126 g/mol. The van der Waals surface area contributed by atoms with Crippen LogP contribution in [0.4, 0.5) is 0 Å². The summed E-state index contributed by atoms with van der Waals surface area (Å²) in [5.41, 5.74) is 1.12. The number of ether oxygens (including phenoxy) is 1. The second-order valence-corrected chi connectivity index (χ2v) is 2.42. The van der Waals surface area contributed by atoms with Gasteiger partial charge in [-0.2, -0.15) is 0 Å². The van der Waals surface area contributed by atoms with Gasteiger partial charge in [-0.3, -0.25) is 0 Å². The molecule has 0 saturated carbocycles. The molecular formula is C7H10O2. The highest BCUT2D eigenvalue weighted by Gasteiger charge is 2.13. The third-order valence-corrected chi connectivity index (χ3v) is 1.60. The molecule has 2 heteroatoms. The average Bonchev–Trinajstić information content (AvgIpc) is 1.80. The molecule has 1 aliphatic heterocycles. The molecule has 0 amide bonds. The first kappa shape index (κ1) is 6.33. The molecule has 0 saturated heterocycles. The van der Waals surface area contributed by atoms with Crippen LogP contribution in [0.25, 0.3) is 0 Å². The van der Waals surface area contributed by atoms with Crippen LogP contribution < -0.4 is 0 Å². The Labute approximate surface area is 54.5 Å². The summed E-state index contributed by atoms with van der Waals surface area (Å²) in [5.74, 6) is 0.202. The van der Waals surface area contributed by atoms with Gasteiger partial charge in [-0.1, -0.05) is 12.5 Å². The summed E-state index contributed by atoms with van der Waals surface area (Å²) < 4.78 is 4.75. The fourth-order valence-corrected chi connectivity index (χ4v) is 0.708. The number of hydrogen-bond acceptors (Lipinski definition) is 2. The number of carbonyl (C=O) groups excluding carboxylic acids is 1. The van der Waals surface area contributed by atoms with Gasteiger partial charge in [0, 0.05) is 12.0 Å². The van der Waals surface area contributed by atoms with Gasteiger partial charge in [0.05, 0.1) is 6.61 Å². The minimum absolute atomic E-state index is 0.203. The first-order valence-corrected chi connectivity index (χ1v) is 3.05. The SMILES string of the molecule is CC1=CC(=O)OC[C@H]1C. The average molecular weight is 126 g/mol. The van der Waals surface area contributed by atoms with Crippen LogP contribution in [-0.4, -0.2) is 12.6 Å². The normalized spacial score (nSPS) is 27.1. The van der Waals surface area contributed by atoms with Gasteiger partial charge in [-0.25, -0.2) is 4.79 Å². The Hall–Kier alpha value is -0.790. The Bertz CT molecular complexity index is 158. The fourth-order valence-electron chi connectivity index (χ4n) is 0.708. The number of rotatable bonds is 0. The van der Waals surface area contributed by atoms with Crippen LogP contribution >= 0.6 is 0 Å². The molecule has 0 aromatic rings. The molecular weight excluding hydrogens is 116 g/mol. The van der Waals surface area contributed by atoms with Gasteiger partial charge in [0.1, 0.15) is 0 Å². The minimum Gasteiger partial charge on any atom is -0.462 e. The third-order valence-electron chi connectivity index (χ3n) is 1.60. The van der Waals surface area contributed by atoms with E-state index in [2.05, 4.69) is 0 Å². The number of esters is 1. The van der Waals surface area contributed by atoms with Gasteiger partial charge in [0.15, 0.2) is 0 Å². The topological polar surface area (TPSA) is 26.3 Å². The smallest absolute Gasteiger partial charge is 0.330 e. The Morgan fingerprint density at radius 3 is 2.89 bits per heavy atom. The van der Waals surface area contributed by atoms with Crippen molar-refractivity contribution in [2.24, 2.45) is 5.92 Å². The van der Waals surface area contributed by atoms with Crippen LogP contribution in [0.2, 0.25) is 0 Å². The van der Waals surface area contributed by atoms with Gasteiger partial charge in [0.2, 0.25) is 0 Å². The molecule has 0 spiro atoms. The van der Waals surface area contributed by atoms with Gasteiger partial charge < -0.3 is 4.74 Å². The minimum atomic E-state index is -0.203. The lowest BCUT2D eigenvalue weighted by Gasteiger charge is -2.16. The van der Waals surface area contributed by atoms with Crippen molar-refractivity contribution in [1.82, 2.24) is 0 Å². The Kier molecular flexibility index (Phi) is 1.56. The summed E-state index contributed by atoms with van der Waals surface area (Å²) in [6.45, 7) is 4.53. The summed E-state index contributed by atoms with van der Waals surface area (Å²) in [4.78, 5) is 10.5. The lowest BCUT2D eigenvalue weighted by Crippen LogP contribution is -2.17. The van der Waals surface area contributed by atoms with Crippen LogP contribution in [0.3, 0.4) is 0 Å². The van der Waals surface area contributed by atoms with Crippen molar-refractivity contribution in [2.75, 3.05) is 6.61 Å². The van der Waals surface area contributed by atoms with Crippen LogP contribution in [0.1, 0.15) is 13.8 Å². The van der Waals surface area contributed by atoms with Crippen molar-refractivity contribution < 1.29 is 9.53 Å². The Morgan fingerprint density at radius 1 is 1.78 bits per heavy atom. The molecule has 1 heterocycles. The van der Waals surface area contributed by atoms with Crippen molar-refractivity contribution in [3.05, 3.63) is 11.6 Å². The van der Waals surface area contributed by atoms with E-state index in [1.807, 2.05) is 13.8 Å². The zero-order valence-corrected chi connectivity index (χ0v) is 5.68. The third kappa shape index (κ3) is 1.31. The summed E-state index contributed by atoms with van der Waals surface area (Å²) >= 11 is 0. The van der Waals surface area contributed by atoms with E-state index in [4.69, 9.17) is 4.74 Å². The van der Waals surface area contributed by atoms with Gasteiger partial charge >= 0.3 is 5.97 Å². The predicted molar refractivity (Wildman–Crippen MR) is 33.9 cm³/mol. The standard InChI is InChI=1S/C7H10O2/c1-5-3-7(8)9-4-6(5)2/h3,6H,4H2,1-2H3/t6-/m1/s1. The first-order valence-electron chi connectivity index (χ1n) is 3.05. The highest BCUT2D eigenvalue weighted by Crippen LogP contribution is 2.14. The lowest BCUT2D eigenvalue weighted by atomic mass is 10.0. The van der Waals surface area contributed by atoms with E-state index in [1.165, 1.54) is 0 Å². The largest absolute Gasteiger partial charge is 0.462 e. The van der Waals surface area contributed by atoms with Crippen molar-refractivity contribution >= 4 is 5.97 Å². The maximum atomic E-state index is 10.5. The van der Waals surface area contributed by atoms with Crippen molar-refractivity contribution in [3.8, 4) is 0 Å². The van der Waals surface area contributed by atoms with E-state index in [9.17, 15) is 4.79 Å². The summed E-state index contributed by atoms with van der Waals surface area (Å²) in [5, 5.41) is 0. The molecule has 0 unspecified atom stereocenters. The predicted octanol–water partition coefficient (Wildman–Crippen LogP) is 1.13. The molecule has 1 aliphatic rings. The second-order valence-electron chi connectivity index (χ2n) is 2.42. The maximum absolute atomic E-state index is 10.5. The van der Waals surface area contributed by atoms with E-state index < -0.39 is 0 Å². The summed E-state index contributed by atoms with van der Waals surface area (Å²) in [6.07, 6.45) is 1.55. The van der Waals surface area contributed by atoms with E-state index in [0.29, 0.717) is 12.5 Å². The molecule has 9 heavy (non-hydrogen) atoms. The number of hydrogen-bond donors (Lipinski definition) is 0. The molecule has 0 aliphatic carbocycles. The summed E-state index contributed by atoms with van der Waals surface area (Å²) in [7, 11) is 0. The maximum Gasteiger partial charge on any atom is 0.330 e. The molecule has 1 rings (SSSR count). The highest BCUT2D eigenvalue weighted by molar-refractivity contribution is 5.83. The van der Waals surface area contributed by atoms with Crippen molar-refractivity contribution in [1.29, 1.82) is 0 Å². The van der Waals surface area contributed by atoms with E-state index in [-0.39, 0.29) is 5.97 Å². The van der Waals surface area contributed by atoms with Gasteiger partial charge in [-0.05, 0) is 6.92 Å². The molecule has 1 atom stereocenters. The zero-order valence-electron chi connectivity index (χ0n) is 5.68. The molecule has 0 N–H and O–H groups in total. The number of carbonyl (C=O) groups is 1. The zero-order chi connectivity index (χ0) is 6.85. The van der Waals surface area contributed by atoms with Gasteiger partial charge in [-0.15, -0.1) is 0 Å². The molecule has 50 valence electrons. The Morgan fingerprint density at radius 2 is 2.44 bits per heavy atom. The molecule has 0 aromatic carbocycles. The molecule has 2 nitrogen and oxygen atoms in total. The number of cyclic esters (lactones) is 1. The fraction of sp³-hybridized carbons (Fsp3) is 0.571. The molecule has 0 fully saturated rings. The highest BCUT2D eigenvalue weighted by atomic mass is 16.5. The summed E-state index contributed by atoms with van der Waals surface area (Å²) in [6, 6.07) is 0. The quantitative estimate of drug-likeness (QED) is 0.455. The second kappa shape index (κ2) is 2.21. The molecule has 0 aromatic heterocycles. The van der Waals surface area contributed by atoms with Gasteiger partial charge in [0.25, 0.3) is 0 Å². The van der Waals surface area contributed by atoms with Crippen molar-refractivity contribution in [3.63, 3.8) is 0 Å². The molecule has 0 bridgehead atoms.